The first-order chi connectivity index (χ1) is 14.2. The maximum absolute atomic E-state index is 12.6. The molecule has 0 saturated carbocycles. The van der Waals surface area contributed by atoms with E-state index in [9.17, 15) is 39.0 Å². The van der Waals surface area contributed by atoms with Gasteiger partial charge in [-0.25, -0.2) is 4.79 Å². The minimum Gasteiger partial charge on any atom is -0.480 e. The molecule has 176 valence electrons. The van der Waals surface area contributed by atoms with Crippen LogP contribution in [0.5, 0.6) is 0 Å². The van der Waals surface area contributed by atoms with Gasteiger partial charge in [0.05, 0.1) is 25.0 Å². The van der Waals surface area contributed by atoms with E-state index in [4.69, 9.17) is 17.2 Å². The number of aliphatic hydroxyl groups is 1. The van der Waals surface area contributed by atoms with Crippen molar-refractivity contribution in [2.75, 3.05) is 0 Å². The van der Waals surface area contributed by atoms with Crippen LogP contribution in [-0.4, -0.2) is 76.0 Å². The Balaban J connectivity index is 5.46. The van der Waals surface area contributed by atoms with Gasteiger partial charge in [0.15, 0.2) is 0 Å². The van der Waals surface area contributed by atoms with E-state index in [1.165, 1.54) is 6.92 Å². The van der Waals surface area contributed by atoms with Crippen LogP contribution in [-0.2, 0) is 28.8 Å². The number of amides is 5. The maximum Gasteiger partial charge on any atom is 0.326 e. The minimum atomic E-state index is -1.61. The summed E-state index contributed by atoms with van der Waals surface area (Å²) in [5.74, 6) is -6.73. The van der Waals surface area contributed by atoms with Crippen molar-refractivity contribution in [1.82, 2.24) is 16.0 Å². The second-order valence-electron chi connectivity index (χ2n) is 7.30. The van der Waals surface area contributed by atoms with Gasteiger partial charge in [0.1, 0.15) is 18.1 Å². The molecule has 5 unspecified atom stereocenters. The van der Waals surface area contributed by atoms with Gasteiger partial charge in [-0.15, -0.1) is 0 Å². The van der Waals surface area contributed by atoms with Crippen LogP contribution in [0.25, 0.3) is 0 Å². The first kappa shape index (κ1) is 27.7. The lowest BCUT2D eigenvalue weighted by molar-refractivity contribution is -0.144. The number of rotatable bonds is 13. The first-order valence-corrected chi connectivity index (χ1v) is 9.31. The number of aliphatic carboxylic acids is 1. The van der Waals surface area contributed by atoms with Gasteiger partial charge in [-0.2, -0.15) is 0 Å². The van der Waals surface area contributed by atoms with Gasteiger partial charge in [-0.05, 0) is 12.8 Å². The summed E-state index contributed by atoms with van der Waals surface area (Å²) in [5, 5.41) is 25.5. The molecule has 31 heavy (non-hydrogen) atoms. The third kappa shape index (κ3) is 9.86. The van der Waals surface area contributed by atoms with Crippen molar-refractivity contribution < 1.29 is 39.0 Å². The highest BCUT2D eigenvalue weighted by atomic mass is 16.4. The number of carboxylic acid groups (broad SMARTS) is 1. The number of carbonyl (C=O) groups is 6. The topological polar surface area (TPSA) is 257 Å². The second-order valence-corrected chi connectivity index (χ2v) is 7.30. The highest BCUT2D eigenvalue weighted by molar-refractivity contribution is 5.97. The van der Waals surface area contributed by atoms with Gasteiger partial charge < -0.3 is 43.4 Å². The third-order valence-corrected chi connectivity index (χ3v) is 4.09. The molecule has 0 spiro atoms. The molecule has 0 fully saturated rings. The van der Waals surface area contributed by atoms with Gasteiger partial charge in [-0.1, -0.05) is 13.8 Å². The van der Waals surface area contributed by atoms with Crippen LogP contribution >= 0.6 is 0 Å². The van der Waals surface area contributed by atoms with E-state index in [1.807, 2.05) is 0 Å². The summed E-state index contributed by atoms with van der Waals surface area (Å²) < 4.78 is 0. The molecule has 14 nitrogen and oxygen atoms in total. The summed E-state index contributed by atoms with van der Waals surface area (Å²) in [6.07, 6.45) is -2.67. The molecule has 0 saturated heterocycles. The number of hydrogen-bond donors (Lipinski definition) is 8. The van der Waals surface area contributed by atoms with Crippen molar-refractivity contribution in [1.29, 1.82) is 0 Å². The van der Waals surface area contributed by atoms with E-state index in [0.717, 1.165) is 0 Å². The van der Waals surface area contributed by atoms with Crippen molar-refractivity contribution >= 4 is 35.5 Å². The second kappa shape index (κ2) is 12.4. The number of nitrogens with two attached hydrogens (primary N) is 3. The van der Waals surface area contributed by atoms with Crippen molar-refractivity contribution in [3.63, 3.8) is 0 Å². The zero-order valence-electron chi connectivity index (χ0n) is 17.5. The Morgan fingerprint density at radius 3 is 1.65 bits per heavy atom. The fourth-order valence-electron chi connectivity index (χ4n) is 2.41. The van der Waals surface area contributed by atoms with E-state index in [2.05, 4.69) is 16.0 Å². The molecular weight excluding hydrogens is 416 g/mol. The smallest absolute Gasteiger partial charge is 0.326 e. The maximum atomic E-state index is 12.6. The quantitative estimate of drug-likeness (QED) is 0.136. The van der Waals surface area contributed by atoms with Crippen molar-refractivity contribution in [2.45, 2.75) is 63.9 Å². The lowest BCUT2D eigenvalue weighted by Gasteiger charge is -2.27. The van der Waals surface area contributed by atoms with Crippen LogP contribution in [0.15, 0.2) is 0 Å². The summed E-state index contributed by atoms with van der Waals surface area (Å²) >= 11 is 0. The van der Waals surface area contributed by atoms with Crippen LogP contribution in [0.1, 0.15) is 33.6 Å². The highest BCUT2D eigenvalue weighted by Gasteiger charge is 2.34. The van der Waals surface area contributed by atoms with Crippen LogP contribution in [0, 0.1) is 5.92 Å². The Kier molecular flexibility index (Phi) is 11.1. The van der Waals surface area contributed by atoms with Gasteiger partial charge in [0, 0.05) is 0 Å². The van der Waals surface area contributed by atoms with Crippen LogP contribution < -0.4 is 33.2 Å². The normalized spacial score (nSPS) is 15.7. The summed E-state index contributed by atoms with van der Waals surface area (Å²) in [5.41, 5.74) is 15.5. The SMILES string of the molecule is CC(C)C(NC(=O)C(NC(=O)C(CC(N)=O)NC(=O)C(N)CC(N)=O)C(C)O)C(=O)O. The number of hydrogen-bond acceptors (Lipinski definition) is 8. The summed E-state index contributed by atoms with van der Waals surface area (Å²) in [7, 11) is 0. The first-order valence-electron chi connectivity index (χ1n) is 9.31. The Bertz CT molecular complexity index is 711. The van der Waals surface area contributed by atoms with Gasteiger partial charge in [0.2, 0.25) is 29.5 Å². The molecule has 5 atom stereocenters. The van der Waals surface area contributed by atoms with E-state index in [-0.39, 0.29) is 0 Å². The summed E-state index contributed by atoms with van der Waals surface area (Å²) in [6.45, 7) is 4.26. The molecule has 0 bridgehead atoms. The van der Waals surface area contributed by atoms with Crippen LogP contribution in [0.3, 0.4) is 0 Å². The van der Waals surface area contributed by atoms with Crippen molar-refractivity contribution in [3.05, 3.63) is 0 Å². The number of carbonyl (C=O) groups excluding carboxylic acids is 5. The van der Waals surface area contributed by atoms with Gasteiger partial charge in [0.25, 0.3) is 0 Å². The molecule has 0 heterocycles. The molecule has 5 amide bonds. The molecule has 0 aliphatic rings. The standard InChI is InChI=1S/C17H30N6O8/c1-6(2)12(17(30)31)22-16(29)13(7(3)24)23-15(28)9(5-11(20)26)21-14(27)8(18)4-10(19)25/h6-9,12-13,24H,4-5,18H2,1-3H3,(H2,19,25)(H2,20,26)(H,21,27)(H,22,29)(H,23,28)(H,30,31). The van der Waals surface area contributed by atoms with Gasteiger partial charge in [-0.3, -0.25) is 24.0 Å². The zero-order valence-corrected chi connectivity index (χ0v) is 17.5. The molecule has 0 aliphatic carbocycles. The molecule has 0 aromatic heterocycles. The predicted molar refractivity (Wildman–Crippen MR) is 106 cm³/mol. The fraction of sp³-hybridized carbons (Fsp3) is 0.647. The average molecular weight is 446 g/mol. The van der Waals surface area contributed by atoms with E-state index in [0.29, 0.717) is 0 Å². The summed E-state index contributed by atoms with van der Waals surface area (Å²) in [4.78, 5) is 70.5. The molecule has 11 N–H and O–H groups in total. The zero-order chi connectivity index (χ0) is 24.5. The van der Waals surface area contributed by atoms with Crippen LogP contribution in [0.4, 0.5) is 0 Å². The number of carboxylic acids is 1. The Morgan fingerprint density at radius 2 is 1.26 bits per heavy atom. The van der Waals surface area contributed by atoms with Crippen LogP contribution in [0.2, 0.25) is 0 Å². The van der Waals surface area contributed by atoms with Crippen molar-refractivity contribution in [2.24, 2.45) is 23.1 Å². The molecule has 0 aromatic carbocycles. The Morgan fingerprint density at radius 1 is 0.774 bits per heavy atom. The monoisotopic (exact) mass is 446 g/mol. The van der Waals surface area contributed by atoms with E-state index < -0.39 is 84.5 Å². The number of primary amides is 2. The fourth-order valence-corrected chi connectivity index (χ4v) is 2.41. The number of aliphatic hydroxyl groups excluding tert-OH is 1. The molecule has 0 aromatic rings. The molecular formula is C17H30N6O8. The average Bonchev–Trinajstić information content (AvgIpc) is 2.61. The van der Waals surface area contributed by atoms with E-state index >= 15 is 0 Å². The minimum absolute atomic E-state index is 0.500. The lowest BCUT2D eigenvalue weighted by Crippen LogP contribution is -2.60. The van der Waals surface area contributed by atoms with Gasteiger partial charge >= 0.3 is 5.97 Å². The highest BCUT2D eigenvalue weighted by Crippen LogP contribution is 2.05. The molecule has 0 aliphatic heterocycles. The largest absolute Gasteiger partial charge is 0.480 e. The Labute approximate surface area is 178 Å². The van der Waals surface area contributed by atoms with E-state index in [1.54, 1.807) is 13.8 Å². The Hall–Kier alpha value is -3.26. The third-order valence-electron chi connectivity index (χ3n) is 4.09. The lowest BCUT2D eigenvalue weighted by atomic mass is 10.0. The molecule has 0 radical (unpaired) electrons. The van der Waals surface area contributed by atoms with Crippen molar-refractivity contribution in [3.8, 4) is 0 Å². The molecule has 14 heteroatoms. The number of nitrogens with one attached hydrogen (secondary N) is 3. The molecule has 0 rings (SSSR count). The predicted octanol–water partition coefficient (Wildman–Crippen LogP) is -4.36. The summed E-state index contributed by atoms with van der Waals surface area (Å²) in [6, 6.07) is -5.89.